The maximum Gasteiger partial charge on any atom is 0.129 e. The second-order valence-electron chi connectivity index (χ2n) is 4.80. The van der Waals surface area contributed by atoms with Gasteiger partial charge in [0.2, 0.25) is 0 Å². The van der Waals surface area contributed by atoms with E-state index in [1.807, 2.05) is 6.07 Å². The van der Waals surface area contributed by atoms with Crippen LogP contribution in [-0.2, 0) is 0 Å². The first kappa shape index (κ1) is 11.9. The van der Waals surface area contributed by atoms with E-state index in [0.717, 1.165) is 5.69 Å². The number of hydrogen-bond donors (Lipinski definition) is 0. The Kier molecular flexibility index (Phi) is 3.50. The maximum absolute atomic E-state index is 5.90. The lowest BCUT2D eigenvalue weighted by Gasteiger charge is -2.29. The fourth-order valence-corrected chi connectivity index (χ4v) is 2.82. The van der Waals surface area contributed by atoms with Crippen molar-refractivity contribution in [2.75, 3.05) is 6.54 Å². The molecule has 0 bridgehead atoms. The number of rotatable bonds is 2. The molecule has 2 rings (SSSR count). The number of pyridine rings is 1. The smallest absolute Gasteiger partial charge is 0.129 e. The Morgan fingerprint density at radius 3 is 2.81 bits per heavy atom. The van der Waals surface area contributed by atoms with Crippen LogP contribution in [0.2, 0.25) is 5.15 Å². The second kappa shape index (κ2) is 4.72. The molecule has 1 aromatic heterocycles. The van der Waals surface area contributed by atoms with Crippen molar-refractivity contribution in [3.05, 3.63) is 28.5 Å². The highest BCUT2D eigenvalue weighted by atomic mass is 35.5. The first-order valence-corrected chi connectivity index (χ1v) is 6.36. The Bertz CT molecular complexity index is 376. The number of hydrogen-bond acceptors (Lipinski definition) is 2. The van der Waals surface area contributed by atoms with Gasteiger partial charge in [-0.25, -0.2) is 4.98 Å². The van der Waals surface area contributed by atoms with Crippen molar-refractivity contribution >= 4 is 11.6 Å². The zero-order valence-electron chi connectivity index (χ0n) is 10.2. The van der Waals surface area contributed by atoms with E-state index in [2.05, 4.69) is 36.7 Å². The van der Waals surface area contributed by atoms with Crippen LogP contribution in [0.5, 0.6) is 0 Å². The van der Waals surface area contributed by atoms with Crippen LogP contribution in [0.1, 0.15) is 44.0 Å². The summed E-state index contributed by atoms with van der Waals surface area (Å²) in [6.07, 6.45) is 2.52. The zero-order valence-corrected chi connectivity index (χ0v) is 11.0. The molecule has 1 aliphatic heterocycles. The highest BCUT2D eigenvalue weighted by molar-refractivity contribution is 6.29. The van der Waals surface area contributed by atoms with Crippen LogP contribution in [-0.4, -0.2) is 22.5 Å². The molecule has 0 spiro atoms. The first-order valence-electron chi connectivity index (χ1n) is 5.98. The molecule has 3 heteroatoms. The van der Waals surface area contributed by atoms with Crippen LogP contribution < -0.4 is 0 Å². The van der Waals surface area contributed by atoms with Crippen molar-refractivity contribution in [1.29, 1.82) is 0 Å². The van der Waals surface area contributed by atoms with E-state index < -0.39 is 0 Å². The minimum Gasteiger partial charge on any atom is -0.294 e. The lowest BCUT2D eigenvalue weighted by molar-refractivity contribution is 0.204. The average Bonchev–Trinajstić information content (AvgIpc) is 2.66. The molecule has 0 unspecified atom stereocenters. The van der Waals surface area contributed by atoms with Gasteiger partial charge in [0.1, 0.15) is 5.15 Å². The zero-order chi connectivity index (χ0) is 11.7. The minimum atomic E-state index is 0.532. The Labute approximate surface area is 103 Å². The molecular formula is C13H19ClN2. The normalized spacial score (nSPS) is 21.9. The summed E-state index contributed by atoms with van der Waals surface area (Å²) in [5.41, 5.74) is 2.42. The summed E-state index contributed by atoms with van der Waals surface area (Å²) in [6.45, 7) is 7.77. The third-order valence-corrected chi connectivity index (χ3v) is 3.62. The highest BCUT2D eigenvalue weighted by Crippen LogP contribution is 2.34. The van der Waals surface area contributed by atoms with E-state index in [4.69, 9.17) is 11.6 Å². The van der Waals surface area contributed by atoms with Crippen LogP contribution in [0, 0.1) is 6.92 Å². The van der Waals surface area contributed by atoms with Crippen LogP contribution in [0.4, 0.5) is 0 Å². The summed E-state index contributed by atoms with van der Waals surface area (Å²) in [4.78, 5) is 6.90. The third kappa shape index (κ3) is 2.23. The van der Waals surface area contributed by atoms with Crippen LogP contribution >= 0.6 is 11.6 Å². The van der Waals surface area contributed by atoms with Crippen molar-refractivity contribution in [2.24, 2.45) is 0 Å². The van der Waals surface area contributed by atoms with E-state index in [1.54, 1.807) is 0 Å². The monoisotopic (exact) mass is 238 g/mol. The number of likely N-dealkylation sites (tertiary alicyclic amines) is 1. The molecule has 1 fully saturated rings. The molecule has 2 nitrogen and oxygen atoms in total. The molecule has 0 saturated carbocycles. The van der Waals surface area contributed by atoms with Gasteiger partial charge in [-0.05, 0) is 51.8 Å². The number of halogens is 1. The summed E-state index contributed by atoms with van der Waals surface area (Å²) in [5.74, 6) is 0. The van der Waals surface area contributed by atoms with Gasteiger partial charge in [-0.3, -0.25) is 4.90 Å². The van der Waals surface area contributed by atoms with Crippen molar-refractivity contribution in [2.45, 2.75) is 45.7 Å². The van der Waals surface area contributed by atoms with E-state index in [1.165, 1.54) is 24.9 Å². The van der Waals surface area contributed by atoms with E-state index in [9.17, 15) is 0 Å². The van der Waals surface area contributed by atoms with Crippen LogP contribution in [0.3, 0.4) is 0 Å². The standard InChI is InChI=1S/C13H19ClN2/c1-9(2)16-8-4-5-12(16)11-6-7-13(14)15-10(11)3/h6-7,9,12H,4-5,8H2,1-3H3/t12-/m0/s1. The van der Waals surface area contributed by atoms with Crippen molar-refractivity contribution in [3.63, 3.8) is 0 Å². The molecule has 1 atom stereocenters. The van der Waals surface area contributed by atoms with Gasteiger partial charge in [-0.2, -0.15) is 0 Å². The molecule has 1 saturated heterocycles. The lowest BCUT2D eigenvalue weighted by atomic mass is 10.0. The van der Waals surface area contributed by atoms with Crippen LogP contribution in [0.25, 0.3) is 0 Å². The molecule has 0 aliphatic carbocycles. The molecule has 0 aromatic carbocycles. The van der Waals surface area contributed by atoms with Crippen LogP contribution in [0.15, 0.2) is 12.1 Å². The third-order valence-electron chi connectivity index (χ3n) is 3.41. The molecular weight excluding hydrogens is 220 g/mol. The van der Waals surface area contributed by atoms with Crippen molar-refractivity contribution in [1.82, 2.24) is 9.88 Å². The number of aryl methyl sites for hydroxylation is 1. The van der Waals surface area contributed by atoms with Crippen molar-refractivity contribution in [3.8, 4) is 0 Å². The first-order chi connectivity index (χ1) is 7.59. The molecule has 1 aromatic rings. The van der Waals surface area contributed by atoms with E-state index in [0.29, 0.717) is 17.2 Å². The molecule has 88 valence electrons. The Hall–Kier alpha value is -0.600. The van der Waals surface area contributed by atoms with Gasteiger partial charge in [0.25, 0.3) is 0 Å². The molecule has 1 aliphatic rings. The topological polar surface area (TPSA) is 16.1 Å². The number of nitrogens with zero attached hydrogens (tertiary/aromatic N) is 2. The van der Waals surface area contributed by atoms with Crippen molar-refractivity contribution < 1.29 is 0 Å². The van der Waals surface area contributed by atoms with Gasteiger partial charge in [0, 0.05) is 17.8 Å². The largest absolute Gasteiger partial charge is 0.294 e. The quantitative estimate of drug-likeness (QED) is 0.732. The molecule has 16 heavy (non-hydrogen) atoms. The van der Waals surface area contributed by atoms with Gasteiger partial charge in [-0.15, -0.1) is 0 Å². The molecule has 2 heterocycles. The maximum atomic E-state index is 5.90. The van der Waals surface area contributed by atoms with Gasteiger partial charge in [-0.1, -0.05) is 17.7 Å². The predicted octanol–water partition coefficient (Wildman–Crippen LogP) is 3.59. The fourth-order valence-electron chi connectivity index (χ4n) is 2.63. The minimum absolute atomic E-state index is 0.532. The van der Waals surface area contributed by atoms with E-state index >= 15 is 0 Å². The van der Waals surface area contributed by atoms with Gasteiger partial charge >= 0.3 is 0 Å². The summed E-state index contributed by atoms with van der Waals surface area (Å²) < 4.78 is 0. The summed E-state index contributed by atoms with van der Waals surface area (Å²) in [6, 6.07) is 5.17. The Balaban J connectivity index is 2.29. The van der Waals surface area contributed by atoms with E-state index in [-0.39, 0.29) is 0 Å². The highest BCUT2D eigenvalue weighted by Gasteiger charge is 2.28. The lowest BCUT2D eigenvalue weighted by Crippen LogP contribution is -2.30. The second-order valence-corrected chi connectivity index (χ2v) is 5.19. The summed E-state index contributed by atoms with van der Waals surface area (Å²) >= 11 is 5.90. The SMILES string of the molecule is Cc1nc(Cl)ccc1[C@@H]1CCCN1C(C)C. The van der Waals surface area contributed by atoms with Gasteiger partial charge in [0.15, 0.2) is 0 Å². The Morgan fingerprint density at radius 1 is 1.44 bits per heavy atom. The fraction of sp³-hybridized carbons (Fsp3) is 0.615. The number of aromatic nitrogens is 1. The van der Waals surface area contributed by atoms with Gasteiger partial charge < -0.3 is 0 Å². The molecule has 0 amide bonds. The predicted molar refractivity (Wildman–Crippen MR) is 67.8 cm³/mol. The summed E-state index contributed by atoms with van der Waals surface area (Å²) in [7, 11) is 0. The van der Waals surface area contributed by atoms with Gasteiger partial charge in [0.05, 0.1) is 0 Å². The summed E-state index contributed by atoms with van der Waals surface area (Å²) in [5, 5.41) is 0.593. The molecule has 0 N–H and O–H groups in total. The average molecular weight is 239 g/mol. The Morgan fingerprint density at radius 2 is 2.19 bits per heavy atom. The molecule has 0 radical (unpaired) electrons.